The largest absolute Gasteiger partial charge is 0.497 e. The van der Waals surface area contributed by atoms with Crippen LogP contribution in [-0.2, 0) is 0 Å². The smallest absolute Gasteiger partial charge is 0.122 e. The summed E-state index contributed by atoms with van der Waals surface area (Å²) >= 11 is 0. The molecule has 0 bridgehead atoms. The Morgan fingerprint density at radius 2 is 1.67 bits per heavy atom. The van der Waals surface area contributed by atoms with Crippen LogP contribution in [-0.4, -0.2) is 14.2 Å². The van der Waals surface area contributed by atoms with Gasteiger partial charge >= 0.3 is 0 Å². The van der Waals surface area contributed by atoms with Crippen molar-refractivity contribution in [2.24, 2.45) is 0 Å². The summed E-state index contributed by atoms with van der Waals surface area (Å²) in [4.78, 5) is 0. The number of methoxy groups -OCH3 is 2. The monoisotopic (exact) mass is 202 g/mol. The molecule has 0 aliphatic rings. The Morgan fingerprint density at radius 1 is 0.867 bits per heavy atom. The van der Waals surface area contributed by atoms with Gasteiger partial charge in [-0.1, -0.05) is 6.07 Å². The van der Waals surface area contributed by atoms with E-state index in [4.69, 9.17) is 9.47 Å². The van der Waals surface area contributed by atoms with Crippen molar-refractivity contribution in [3.8, 4) is 11.5 Å². The van der Waals surface area contributed by atoms with Gasteiger partial charge in [0, 0.05) is 0 Å². The summed E-state index contributed by atoms with van der Waals surface area (Å²) in [6.45, 7) is 2.04. The van der Waals surface area contributed by atoms with E-state index in [0.29, 0.717) is 0 Å². The van der Waals surface area contributed by atoms with Crippen LogP contribution in [0, 0.1) is 6.92 Å². The summed E-state index contributed by atoms with van der Waals surface area (Å²) in [5.41, 5.74) is 1.14. The summed E-state index contributed by atoms with van der Waals surface area (Å²) in [5.74, 6) is 1.81. The highest BCUT2D eigenvalue weighted by Crippen LogP contribution is 2.27. The summed E-state index contributed by atoms with van der Waals surface area (Å²) in [5, 5.41) is 2.34. The molecule has 0 saturated carbocycles. The maximum absolute atomic E-state index is 5.28. The SMILES string of the molecule is COc1ccc2cc(OC)c(C)cc2c1. The van der Waals surface area contributed by atoms with Crippen LogP contribution >= 0.6 is 0 Å². The fraction of sp³-hybridized carbons (Fsp3) is 0.231. The van der Waals surface area contributed by atoms with Crippen LogP contribution in [0.3, 0.4) is 0 Å². The average Bonchev–Trinajstić information content (AvgIpc) is 2.27. The van der Waals surface area contributed by atoms with Crippen molar-refractivity contribution >= 4 is 10.8 Å². The molecule has 0 aromatic heterocycles. The highest BCUT2D eigenvalue weighted by Gasteiger charge is 2.02. The highest BCUT2D eigenvalue weighted by molar-refractivity contribution is 5.86. The average molecular weight is 202 g/mol. The molecule has 0 aliphatic carbocycles. The van der Waals surface area contributed by atoms with E-state index in [2.05, 4.69) is 6.07 Å². The molecular formula is C13H14O2. The van der Waals surface area contributed by atoms with Crippen LogP contribution in [0.15, 0.2) is 30.3 Å². The van der Waals surface area contributed by atoms with Gasteiger partial charge < -0.3 is 9.47 Å². The molecule has 0 radical (unpaired) electrons. The van der Waals surface area contributed by atoms with Gasteiger partial charge in [0.05, 0.1) is 14.2 Å². The number of benzene rings is 2. The van der Waals surface area contributed by atoms with Crippen molar-refractivity contribution in [2.45, 2.75) is 6.92 Å². The molecule has 0 heterocycles. The van der Waals surface area contributed by atoms with Gasteiger partial charge in [0.25, 0.3) is 0 Å². The number of hydrogen-bond acceptors (Lipinski definition) is 2. The minimum Gasteiger partial charge on any atom is -0.497 e. The van der Waals surface area contributed by atoms with Crippen molar-refractivity contribution in [3.05, 3.63) is 35.9 Å². The molecule has 0 spiro atoms. The Morgan fingerprint density at radius 3 is 2.33 bits per heavy atom. The zero-order chi connectivity index (χ0) is 10.8. The van der Waals surface area contributed by atoms with E-state index in [1.807, 2.05) is 31.2 Å². The van der Waals surface area contributed by atoms with Gasteiger partial charge in [0.1, 0.15) is 11.5 Å². The van der Waals surface area contributed by atoms with Crippen molar-refractivity contribution < 1.29 is 9.47 Å². The molecule has 0 unspecified atom stereocenters. The Hall–Kier alpha value is -1.70. The molecule has 2 nitrogen and oxygen atoms in total. The second-order valence-corrected chi connectivity index (χ2v) is 3.53. The van der Waals surface area contributed by atoms with Crippen molar-refractivity contribution in [1.82, 2.24) is 0 Å². The molecule has 0 aliphatic heterocycles. The minimum absolute atomic E-state index is 0.882. The lowest BCUT2D eigenvalue weighted by molar-refractivity contribution is 0.412. The van der Waals surface area contributed by atoms with Gasteiger partial charge in [0.15, 0.2) is 0 Å². The third-order valence-corrected chi connectivity index (χ3v) is 2.56. The van der Waals surface area contributed by atoms with Crippen LogP contribution in [0.5, 0.6) is 11.5 Å². The van der Waals surface area contributed by atoms with Crippen LogP contribution < -0.4 is 9.47 Å². The third-order valence-electron chi connectivity index (χ3n) is 2.56. The Balaban J connectivity index is 2.65. The number of aryl methyl sites for hydroxylation is 1. The quantitative estimate of drug-likeness (QED) is 0.744. The van der Waals surface area contributed by atoms with E-state index >= 15 is 0 Å². The molecule has 0 N–H and O–H groups in total. The minimum atomic E-state index is 0.882. The molecule has 2 rings (SSSR count). The summed E-state index contributed by atoms with van der Waals surface area (Å²) < 4.78 is 10.5. The van der Waals surface area contributed by atoms with Gasteiger partial charge in [0.2, 0.25) is 0 Å². The molecule has 0 saturated heterocycles. The zero-order valence-electron chi connectivity index (χ0n) is 9.20. The lowest BCUT2D eigenvalue weighted by atomic mass is 10.1. The summed E-state index contributed by atoms with van der Waals surface area (Å²) in [6.07, 6.45) is 0. The number of ether oxygens (including phenoxy) is 2. The van der Waals surface area contributed by atoms with Gasteiger partial charge in [-0.05, 0) is 47.5 Å². The van der Waals surface area contributed by atoms with Gasteiger partial charge in [-0.2, -0.15) is 0 Å². The van der Waals surface area contributed by atoms with E-state index in [1.54, 1.807) is 14.2 Å². The molecule has 15 heavy (non-hydrogen) atoms. The van der Waals surface area contributed by atoms with Crippen LogP contribution in [0.1, 0.15) is 5.56 Å². The Labute approximate surface area is 89.4 Å². The number of rotatable bonds is 2. The lowest BCUT2D eigenvalue weighted by Crippen LogP contribution is -1.88. The summed E-state index contributed by atoms with van der Waals surface area (Å²) in [7, 11) is 3.37. The topological polar surface area (TPSA) is 18.5 Å². The fourth-order valence-electron chi connectivity index (χ4n) is 1.72. The third kappa shape index (κ3) is 1.75. The van der Waals surface area contributed by atoms with Gasteiger partial charge in [-0.3, -0.25) is 0 Å². The molecule has 2 aromatic carbocycles. The van der Waals surface area contributed by atoms with Gasteiger partial charge in [-0.25, -0.2) is 0 Å². The maximum Gasteiger partial charge on any atom is 0.122 e. The van der Waals surface area contributed by atoms with Gasteiger partial charge in [-0.15, -0.1) is 0 Å². The highest BCUT2D eigenvalue weighted by atomic mass is 16.5. The van der Waals surface area contributed by atoms with Crippen LogP contribution in [0.4, 0.5) is 0 Å². The second kappa shape index (κ2) is 3.81. The first-order chi connectivity index (χ1) is 7.24. The van der Waals surface area contributed by atoms with E-state index < -0.39 is 0 Å². The molecule has 2 aromatic rings. The maximum atomic E-state index is 5.28. The first kappa shape index (κ1) is 9.84. The number of fused-ring (bicyclic) bond motifs is 1. The van der Waals surface area contributed by atoms with E-state index in [0.717, 1.165) is 17.1 Å². The van der Waals surface area contributed by atoms with Crippen LogP contribution in [0.2, 0.25) is 0 Å². The Bertz CT molecular complexity index is 489. The predicted octanol–water partition coefficient (Wildman–Crippen LogP) is 3.17. The molecular weight excluding hydrogens is 188 g/mol. The number of hydrogen-bond donors (Lipinski definition) is 0. The fourth-order valence-corrected chi connectivity index (χ4v) is 1.72. The zero-order valence-corrected chi connectivity index (χ0v) is 9.20. The van der Waals surface area contributed by atoms with Crippen molar-refractivity contribution in [1.29, 1.82) is 0 Å². The second-order valence-electron chi connectivity index (χ2n) is 3.53. The van der Waals surface area contributed by atoms with Crippen molar-refractivity contribution in [3.63, 3.8) is 0 Å². The van der Waals surface area contributed by atoms with E-state index in [-0.39, 0.29) is 0 Å². The molecule has 0 fully saturated rings. The molecule has 2 heteroatoms. The van der Waals surface area contributed by atoms with E-state index in [1.165, 1.54) is 10.8 Å². The van der Waals surface area contributed by atoms with Crippen molar-refractivity contribution in [2.75, 3.05) is 14.2 Å². The first-order valence-corrected chi connectivity index (χ1v) is 4.87. The Kier molecular flexibility index (Phi) is 2.50. The normalized spacial score (nSPS) is 10.3. The molecule has 0 atom stereocenters. The summed E-state index contributed by atoms with van der Waals surface area (Å²) in [6, 6.07) is 10.2. The molecule has 78 valence electrons. The molecule has 0 amide bonds. The lowest BCUT2D eigenvalue weighted by Gasteiger charge is -2.07. The first-order valence-electron chi connectivity index (χ1n) is 4.87. The standard InChI is InChI=1S/C13H14O2/c1-9-6-11-7-12(14-2)5-4-10(11)8-13(9)15-3/h4-8H,1-3H3. The van der Waals surface area contributed by atoms with E-state index in [9.17, 15) is 0 Å². The van der Waals surface area contributed by atoms with Crippen LogP contribution in [0.25, 0.3) is 10.8 Å². The predicted molar refractivity (Wildman–Crippen MR) is 61.8 cm³/mol.